The number of carbonyl (C=O) groups excluding carboxylic acids is 1. The lowest BCUT2D eigenvalue weighted by atomic mass is 9.82. The number of piperidine rings is 1. The topological polar surface area (TPSA) is 54.8 Å². The lowest BCUT2D eigenvalue weighted by Crippen LogP contribution is -2.51. The molecule has 0 unspecified atom stereocenters. The van der Waals surface area contributed by atoms with Gasteiger partial charge < -0.3 is 14.2 Å². The van der Waals surface area contributed by atoms with E-state index in [-0.39, 0.29) is 11.5 Å². The van der Waals surface area contributed by atoms with Crippen LogP contribution in [0.4, 0.5) is 0 Å². The minimum Gasteiger partial charge on any atom is -0.383 e. The number of methoxy groups -OCH3 is 1. The number of ether oxygens (including phenoxy) is 1. The second kappa shape index (κ2) is 9.65. The summed E-state index contributed by atoms with van der Waals surface area (Å²) in [6, 6.07) is 4.14. The maximum absolute atomic E-state index is 13.2. The average Bonchev–Trinajstić information content (AvgIpc) is 3.03. The highest BCUT2D eigenvalue weighted by Crippen LogP contribution is 2.36. The molecule has 2 aliphatic heterocycles. The first-order valence-electron chi connectivity index (χ1n) is 11.8. The molecule has 2 fully saturated rings. The van der Waals surface area contributed by atoms with Gasteiger partial charge in [-0.05, 0) is 38.3 Å². The predicted molar refractivity (Wildman–Crippen MR) is 118 cm³/mol. The van der Waals surface area contributed by atoms with Crippen LogP contribution in [0.5, 0.6) is 0 Å². The van der Waals surface area contributed by atoms with E-state index in [9.17, 15) is 9.59 Å². The molecular weight excluding hydrogens is 378 g/mol. The molecule has 1 aliphatic carbocycles. The zero-order valence-corrected chi connectivity index (χ0v) is 18.6. The van der Waals surface area contributed by atoms with Crippen molar-refractivity contribution in [3.8, 4) is 0 Å². The van der Waals surface area contributed by atoms with Gasteiger partial charge in [0.05, 0.1) is 6.61 Å². The first-order chi connectivity index (χ1) is 14.6. The van der Waals surface area contributed by atoms with Gasteiger partial charge in [-0.15, -0.1) is 0 Å². The number of carbonyl (C=O) groups is 1. The standard InChI is InChI=1S/C24H37N3O3/c1-25(11-12-30-2)16-20-9-10-22-21-13-18(15-27(22)24(20)29)14-26(17-21)23(28)19-7-5-3-4-6-8-19/h9-10,18-19,21H,3-8,11-17H2,1-2H3/t18-,21+/m0/s1. The van der Waals surface area contributed by atoms with Crippen molar-refractivity contribution in [2.75, 3.05) is 40.4 Å². The van der Waals surface area contributed by atoms with E-state index in [4.69, 9.17) is 4.74 Å². The fourth-order valence-electron chi connectivity index (χ4n) is 5.69. The Labute approximate surface area is 180 Å². The van der Waals surface area contributed by atoms with Crippen LogP contribution in [0.2, 0.25) is 0 Å². The van der Waals surface area contributed by atoms with Crippen LogP contribution in [0.1, 0.15) is 62.1 Å². The van der Waals surface area contributed by atoms with Gasteiger partial charge >= 0.3 is 0 Å². The van der Waals surface area contributed by atoms with E-state index in [1.165, 1.54) is 25.7 Å². The predicted octanol–water partition coefficient (Wildman–Crippen LogP) is 2.84. The minimum absolute atomic E-state index is 0.148. The molecule has 2 atom stereocenters. The summed E-state index contributed by atoms with van der Waals surface area (Å²) in [6.45, 7) is 4.45. The van der Waals surface area contributed by atoms with Gasteiger partial charge in [-0.2, -0.15) is 0 Å². The molecular formula is C24H37N3O3. The first kappa shape index (κ1) is 21.6. The van der Waals surface area contributed by atoms with Gasteiger partial charge in [-0.25, -0.2) is 0 Å². The number of hydrogen-bond acceptors (Lipinski definition) is 4. The summed E-state index contributed by atoms with van der Waals surface area (Å²) >= 11 is 0. The fraction of sp³-hybridized carbons (Fsp3) is 0.750. The van der Waals surface area contributed by atoms with E-state index in [1.807, 2.05) is 17.7 Å². The summed E-state index contributed by atoms with van der Waals surface area (Å²) in [5.41, 5.74) is 2.12. The van der Waals surface area contributed by atoms with Crippen molar-refractivity contribution in [2.45, 2.75) is 64.0 Å². The molecule has 2 bridgehead atoms. The molecule has 30 heavy (non-hydrogen) atoms. The third kappa shape index (κ3) is 4.65. The van der Waals surface area contributed by atoms with Crippen LogP contribution in [0.25, 0.3) is 0 Å². The number of amides is 1. The third-order valence-electron chi connectivity index (χ3n) is 7.32. The first-order valence-corrected chi connectivity index (χ1v) is 11.8. The molecule has 1 aromatic rings. The molecule has 1 amide bonds. The van der Waals surface area contributed by atoms with Gasteiger partial charge in [0.1, 0.15) is 0 Å². The summed E-state index contributed by atoms with van der Waals surface area (Å²) in [5, 5.41) is 0. The van der Waals surface area contributed by atoms with Crippen LogP contribution in [-0.2, 0) is 22.6 Å². The number of nitrogens with zero attached hydrogens (tertiary/aromatic N) is 3. The SMILES string of the molecule is COCCN(C)Cc1ccc2n(c1=O)C[C@H]1C[C@@H]2CN(C(=O)C2CCCCCC2)C1. The van der Waals surface area contributed by atoms with Gasteiger partial charge in [-0.1, -0.05) is 31.7 Å². The number of fused-ring (bicyclic) bond motifs is 4. The zero-order chi connectivity index (χ0) is 21.1. The normalized spacial score (nSPS) is 24.6. The maximum atomic E-state index is 13.2. The molecule has 3 heterocycles. The van der Waals surface area contributed by atoms with E-state index in [0.29, 0.717) is 30.9 Å². The molecule has 0 aromatic carbocycles. The zero-order valence-electron chi connectivity index (χ0n) is 18.6. The molecule has 6 nitrogen and oxygen atoms in total. The highest BCUT2D eigenvalue weighted by Gasteiger charge is 2.38. The van der Waals surface area contributed by atoms with Crippen molar-refractivity contribution >= 4 is 5.91 Å². The van der Waals surface area contributed by atoms with E-state index in [2.05, 4.69) is 15.9 Å². The van der Waals surface area contributed by atoms with Crippen molar-refractivity contribution in [2.24, 2.45) is 11.8 Å². The Balaban J connectivity index is 1.48. The fourth-order valence-corrected chi connectivity index (χ4v) is 5.69. The van der Waals surface area contributed by atoms with E-state index in [0.717, 1.165) is 56.7 Å². The van der Waals surface area contributed by atoms with Crippen molar-refractivity contribution in [3.63, 3.8) is 0 Å². The number of hydrogen-bond donors (Lipinski definition) is 0. The van der Waals surface area contributed by atoms with Crippen LogP contribution in [0.15, 0.2) is 16.9 Å². The van der Waals surface area contributed by atoms with Gasteiger partial charge in [0.15, 0.2) is 0 Å². The Kier molecular flexibility index (Phi) is 6.94. The third-order valence-corrected chi connectivity index (χ3v) is 7.32. The molecule has 6 heteroatoms. The molecule has 1 saturated heterocycles. The van der Waals surface area contributed by atoms with Gasteiger partial charge in [0, 0.05) is 62.9 Å². The molecule has 166 valence electrons. The largest absolute Gasteiger partial charge is 0.383 e. The van der Waals surface area contributed by atoms with Crippen molar-refractivity contribution < 1.29 is 9.53 Å². The molecule has 4 rings (SSSR count). The lowest BCUT2D eigenvalue weighted by molar-refractivity contribution is -0.138. The van der Waals surface area contributed by atoms with Crippen LogP contribution in [0.3, 0.4) is 0 Å². The number of rotatable bonds is 6. The Morgan fingerprint density at radius 3 is 2.63 bits per heavy atom. The highest BCUT2D eigenvalue weighted by atomic mass is 16.5. The van der Waals surface area contributed by atoms with Crippen molar-refractivity contribution in [3.05, 3.63) is 33.7 Å². The molecule has 0 spiro atoms. The Morgan fingerprint density at radius 2 is 1.90 bits per heavy atom. The second-order valence-corrected chi connectivity index (χ2v) is 9.66. The number of aromatic nitrogens is 1. The van der Waals surface area contributed by atoms with Gasteiger partial charge in [-0.3, -0.25) is 14.5 Å². The summed E-state index contributed by atoms with van der Waals surface area (Å²) in [7, 11) is 3.72. The summed E-state index contributed by atoms with van der Waals surface area (Å²) < 4.78 is 7.15. The van der Waals surface area contributed by atoms with Crippen LogP contribution < -0.4 is 5.56 Å². The van der Waals surface area contributed by atoms with Crippen molar-refractivity contribution in [1.29, 1.82) is 0 Å². The summed E-state index contributed by atoms with van der Waals surface area (Å²) in [4.78, 5) is 30.7. The lowest BCUT2D eigenvalue weighted by Gasteiger charge is -2.44. The maximum Gasteiger partial charge on any atom is 0.255 e. The van der Waals surface area contributed by atoms with Gasteiger partial charge in [0.25, 0.3) is 5.56 Å². The smallest absolute Gasteiger partial charge is 0.255 e. The molecule has 0 N–H and O–H groups in total. The Bertz CT molecular complexity index is 797. The van der Waals surface area contributed by atoms with Crippen LogP contribution in [-0.4, -0.2) is 60.7 Å². The Morgan fingerprint density at radius 1 is 1.13 bits per heavy atom. The molecule has 1 saturated carbocycles. The van der Waals surface area contributed by atoms with Crippen LogP contribution in [0, 0.1) is 11.8 Å². The average molecular weight is 416 g/mol. The number of likely N-dealkylation sites (N-methyl/N-ethyl adjacent to an activating group) is 1. The molecule has 1 aromatic heterocycles. The number of pyridine rings is 1. The Hall–Kier alpha value is -1.66. The van der Waals surface area contributed by atoms with Crippen molar-refractivity contribution in [1.82, 2.24) is 14.4 Å². The van der Waals surface area contributed by atoms with E-state index in [1.54, 1.807) is 7.11 Å². The summed E-state index contributed by atoms with van der Waals surface area (Å²) in [6.07, 6.45) is 8.14. The highest BCUT2D eigenvalue weighted by molar-refractivity contribution is 5.79. The minimum atomic E-state index is 0.148. The van der Waals surface area contributed by atoms with Crippen LogP contribution >= 0.6 is 0 Å². The number of likely N-dealkylation sites (tertiary alicyclic amines) is 1. The second-order valence-electron chi connectivity index (χ2n) is 9.66. The summed E-state index contributed by atoms with van der Waals surface area (Å²) in [5.74, 6) is 1.28. The van der Waals surface area contributed by atoms with E-state index < -0.39 is 0 Å². The quantitative estimate of drug-likeness (QED) is 0.671. The van der Waals surface area contributed by atoms with Gasteiger partial charge in [0.2, 0.25) is 5.91 Å². The monoisotopic (exact) mass is 415 g/mol. The molecule has 0 radical (unpaired) electrons. The molecule has 3 aliphatic rings. The van der Waals surface area contributed by atoms with E-state index >= 15 is 0 Å².